The summed E-state index contributed by atoms with van der Waals surface area (Å²) in [4.78, 5) is 14.8. The van der Waals surface area contributed by atoms with E-state index in [9.17, 15) is 4.79 Å². The van der Waals surface area contributed by atoms with E-state index < -0.39 is 5.91 Å². The Labute approximate surface area is 101 Å². The average Bonchev–Trinajstić information content (AvgIpc) is 2.61. The van der Waals surface area contributed by atoms with Crippen molar-refractivity contribution < 1.29 is 4.79 Å². The van der Waals surface area contributed by atoms with E-state index in [-0.39, 0.29) is 5.82 Å². The molecular formula is C9H12BrN5O. The molecule has 0 aliphatic carbocycles. The maximum Gasteiger partial charge on any atom is 0.251 e. The van der Waals surface area contributed by atoms with Crippen LogP contribution in [0.3, 0.4) is 0 Å². The van der Waals surface area contributed by atoms with Crippen LogP contribution in [0.15, 0.2) is 17.0 Å². The van der Waals surface area contributed by atoms with Crippen LogP contribution in [-0.4, -0.2) is 20.5 Å². The van der Waals surface area contributed by atoms with E-state index in [0.29, 0.717) is 15.7 Å². The summed E-state index contributed by atoms with van der Waals surface area (Å²) in [5.41, 5.74) is 11.5. The molecule has 2 heterocycles. The molecule has 0 aliphatic heterocycles. The molecule has 86 valence electrons. The van der Waals surface area contributed by atoms with E-state index in [1.54, 1.807) is 6.07 Å². The normalized spacial score (nSPS) is 9.69. The lowest BCUT2D eigenvalue weighted by molar-refractivity contribution is 0.100. The molecule has 0 unspecified atom stereocenters. The molecule has 0 spiro atoms. The van der Waals surface area contributed by atoms with E-state index in [4.69, 9.17) is 11.5 Å². The molecule has 0 saturated carbocycles. The number of rotatable bonds is 1. The second-order valence-corrected chi connectivity index (χ2v) is 3.46. The molecule has 2 aromatic rings. The van der Waals surface area contributed by atoms with Crippen molar-refractivity contribution in [3.63, 3.8) is 0 Å². The maximum atomic E-state index is 11.1. The standard InChI is InChI=1S/C7H6BrN5O.C2H6/c8-4-1-3(7(10)14)5-6(9)11-2-12-13(4)5;1-2/h1-2H,(H2,10,14)(H2,9,11,12);1-2H3. The van der Waals surface area contributed by atoms with Crippen molar-refractivity contribution in [2.45, 2.75) is 13.8 Å². The van der Waals surface area contributed by atoms with E-state index in [1.807, 2.05) is 13.8 Å². The summed E-state index contributed by atoms with van der Waals surface area (Å²) in [6.07, 6.45) is 1.30. The third-order valence-electron chi connectivity index (χ3n) is 1.80. The molecule has 2 rings (SSSR count). The lowest BCUT2D eigenvalue weighted by atomic mass is 10.2. The van der Waals surface area contributed by atoms with Gasteiger partial charge >= 0.3 is 0 Å². The second-order valence-electron chi connectivity index (χ2n) is 2.65. The molecule has 0 saturated heterocycles. The van der Waals surface area contributed by atoms with Crippen molar-refractivity contribution in [1.29, 1.82) is 0 Å². The van der Waals surface area contributed by atoms with Crippen molar-refractivity contribution in [1.82, 2.24) is 14.6 Å². The minimum absolute atomic E-state index is 0.222. The number of anilines is 1. The molecule has 16 heavy (non-hydrogen) atoms. The Bertz CT molecular complexity index is 522. The van der Waals surface area contributed by atoms with Crippen molar-refractivity contribution in [3.8, 4) is 0 Å². The highest BCUT2D eigenvalue weighted by Gasteiger charge is 2.15. The van der Waals surface area contributed by atoms with Gasteiger partial charge in [-0.15, -0.1) is 0 Å². The summed E-state index contributed by atoms with van der Waals surface area (Å²) < 4.78 is 2.07. The predicted octanol–water partition coefficient (Wildman–Crippen LogP) is 1.20. The van der Waals surface area contributed by atoms with E-state index >= 15 is 0 Å². The number of primary amides is 1. The summed E-state index contributed by atoms with van der Waals surface area (Å²) >= 11 is 3.23. The molecule has 4 N–H and O–H groups in total. The minimum Gasteiger partial charge on any atom is -0.382 e. The van der Waals surface area contributed by atoms with Gasteiger partial charge < -0.3 is 11.5 Å². The van der Waals surface area contributed by atoms with Crippen LogP contribution in [0.4, 0.5) is 5.82 Å². The van der Waals surface area contributed by atoms with Gasteiger partial charge in [0, 0.05) is 0 Å². The van der Waals surface area contributed by atoms with Crippen LogP contribution in [0.1, 0.15) is 24.2 Å². The fourth-order valence-electron chi connectivity index (χ4n) is 1.22. The summed E-state index contributed by atoms with van der Waals surface area (Å²) in [6.45, 7) is 4.00. The fraction of sp³-hybridized carbons (Fsp3) is 0.222. The molecule has 2 aromatic heterocycles. The Balaban J connectivity index is 0.000000606. The van der Waals surface area contributed by atoms with Gasteiger partial charge in [0.05, 0.1) is 5.56 Å². The molecule has 0 atom stereocenters. The highest BCUT2D eigenvalue weighted by Crippen LogP contribution is 2.22. The fourth-order valence-corrected chi connectivity index (χ4v) is 1.72. The number of aromatic nitrogens is 3. The molecule has 1 amide bonds. The van der Waals surface area contributed by atoms with Gasteiger partial charge in [-0.25, -0.2) is 9.50 Å². The number of halogens is 1. The number of nitrogen functional groups attached to an aromatic ring is 1. The smallest absolute Gasteiger partial charge is 0.251 e. The first-order valence-corrected chi connectivity index (χ1v) is 5.48. The molecule has 0 bridgehead atoms. The molecule has 0 fully saturated rings. The van der Waals surface area contributed by atoms with Crippen LogP contribution in [0.2, 0.25) is 0 Å². The molecule has 0 aliphatic rings. The zero-order chi connectivity index (χ0) is 12.3. The number of fused-ring (bicyclic) bond motifs is 1. The first-order chi connectivity index (χ1) is 7.61. The first-order valence-electron chi connectivity index (χ1n) is 4.69. The Hall–Kier alpha value is -1.63. The number of carbonyl (C=O) groups is 1. The minimum atomic E-state index is -0.560. The third kappa shape index (κ3) is 1.99. The Morgan fingerprint density at radius 1 is 1.50 bits per heavy atom. The van der Waals surface area contributed by atoms with Crippen LogP contribution in [0.25, 0.3) is 5.52 Å². The highest BCUT2D eigenvalue weighted by atomic mass is 79.9. The number of hydrogen-bond acceptors (Lipinski definition) is 4. The quantitative estimate of drug-likeness (QED) is 0.822. The van der Waals surface area contributed by atoms with Gasteiger partial charge in [0.1, 0.15) is 16.4 Å². The zero-order valence-corrected chi connectivity index (χ0v) is 10.5. The van der Waals surface area contributed by atoms with Gasteiger partial charge in [-0.1, -0.05) is 13.8 Å². The largest absolute Gasteiger partial charge is 0.382 e. The van der Waals surface area contributed by atoms with E-state index in [0.717, 1.165) is 0 Å². The zero-order valence-electron chi connectivity index (χ0n) is 8.94. The molecular weight excluding hydrogens is 274 g/mol. The van der Waals surface area contributed by atoms with Gasteiger partial charge in [0.15, 0.2) is 5.82 Å². The number of nitrogens with two attached hydrogens (primary N) is 2. The number of amides is 1. The van der Waals surface area contributed by atoms with Crippen LogP contribution in [0, 0.1) is 0 Å². The summed E-state index contributed by atoms with van der Waals surface area (Å²) in [7, 11) is 0. The van der Waals surface area contributed by atoms with Crippen molar-refractivity contribution in [3.05, 3.63) is 22.6 Å². The van der Waals surface area contributed by atoms with Crippen LogP contribution < -0.4 is 11.5 Å². The molecule has 0 aromatic carbocycles. The Kier molecular flexibility index (Phi) is 3.83. The van der Waals surface area contributed by atoms with Gasteiger partial charge in [-0.05, 0) is 22.0 Å². The number of nitrogens with zero attached hydrogens (tertiary/aromatic N) is 3. The lowest BCUT2D eigenvalue weighted by Crippen LogP contribution is -2.11. The van der Waals surface area contributed by atoms with Crippen molar-refractivity contribution in [2.24, 2.45) is 5.73 Å². The van der Waals surface area contributed by atoms with E-state index in [2.05, 4.69) is 26.0 Å². The second kappa shape index (κ2) is 4.93. The lowest BCUT2D eigenvalue weighted by Gasteiger charge is -1.98. The van der Waals surface area contributed by atoms with Crippen LogP contribution in [-0.2, 0) is 0 Å². The third-order valence-corrected chi connectivity index (χ3v) is 2.37. The molecule has 7 heteroatoms. The van der Waals surface area contributed by atoms with Gasteiger partial charge in [-0.2, -0.15) is 5.10 Å². The van der Waals surface area contributed by atoms with Gasteiger partial charge in [0.2, 0.25) is 0 Å². The summed E-state index contributed by atoms with van der Waals surface area (Å²) in [6, 6.07) is 1.56. The topological polar surface area (TPSA) is 99.3 Å². The van der Waals surface area contributed by atoms with Crippen molar-refractivity contribution in [2.75, 3.05) is 5.73 Å². The monoisotopic (exact) mass is 285 g/mol. The SMILES string of the molecule is CC.NC(=O)c1cc(Br)n2ncnc(N)c12. The number of hydrogen-bond donors (Lipinski definition) is 2. The van der Waals surface area contributed by atoms with Crippen LogP contribution >= 0.6 is 15.9 Å². The molecule has 0 radical (unpaired) electrons. The highest BCUT2D eigenvalue weighted by molar-refractivity contribution is 9.10. The summed E-state index contributed by atoms with van der Waals surface area (Å²) in [5.74, 6) is -0.339. The Morgan fingerprint density at radius 3 is 2.69 bits per heavy atom. The maximum absolute atomic E-state index is 11.1. The van der Waals surface area contributed by atoms with E-state index in [1.165, 1.54) is 10.8 Å². The van der Waals surface area contributed by atoms with Crippen LogP contribution in [0.5, 0.6) is 0 Å². The van der Waals surface area contributed by atoms with Gasteiger partial charge in [-0.3, -0.25) is 4.79 Å². The average molecular weight is 286 g/mol. The summed E-state index contributed by atoms with van der Waals surface area (Å²) in [5, 5.41) is 3.92. The van der Waals surface area contributed by atoms with Gasteiger partial charge in [0.25, 0.3) is 5.91 Å². The molecule has 6 nitrogen and oxygen atoms in total. The Morgan fingerprint density at radius 2 is 2.12 bits per heavy atom. The predicted molar refractivity (Wildman–Crippen MR) is 65.0 cm³/mol. The van der Waals surface area contributed by atoms with Crippen molar-refractivity contribution >= 4 is 33.2 Å². The number of carbonyl (C=O) groups excluding carboxylic acids is 1. The first kappa shape index (κ1) is 12.4.